The number of carbonyl (C=O) groups is 1. The lowest BCUT2D eigenvalue weighted by Gasteiger charge is -2.25. The van der Waals surface area contributed by atoms with E-state index in [4.69, 9.17) is 11.6 Å². The number of hydrogen-bond donors (Lipinski definition) is 1. The lowest BCUT2D eigenvalue weighted by Crippen LogP contribution is -2.40. The van der Waals surface area contributed by atoms with Gasteiger partial charge in [-0.1, -0.05) is 48.7 Å². The fourth-order valence-electron chi connectivity index (χ4n) is 3.44. The summed E-state index contributed by atoms with van der Waals surface area (Å²) in [6, 6.07) is 13.0. The van der Waals surface area contributed by atoms with E-state index in [0.29, 0.717) is 16.3 Å². The highest BCUT2D eigenvalue weighted by atomic mass is 35.5. The number of anilines is 1. The molecule has 0 saturated heterocycles. The number of hydrazone groups is 1. The predicted molar refractivity (Wildman–Crippen MR) is 120 cm³/mol. The van der Waals surface area contributed by atoms with Crippen molar-refractivity contribution in [3.63, 3.8) is 0 Å². The van der Waals surface area contributed by atoms with Crippen LogP contribution in [0.1, 0.15) is 44.1 Å². The Morgan fingerprint density at radius 3 is 2.37 bits per heavy atom. The van der Waals surface area contributed by atoms with Crippen molar-refractivity contribution in [3.8, 4) is 0 Å². The molecule has 6 nitrogen and oxygen atoms in total. The van der Waals surface area contributed by atoms with Gasteiger partial charge in [-0.3, -0.25) is 9.10 Å². The number of benzene rings is 2. The molecule has 160 valence electrons. The lowest BCUT2D eigenvalue weighted by molar-refractivity contribution is -0.119. The van der Waals surface area contributed by atoms with Gasteiger partial charge in [-0.2, -0.15) is 5.10 Å². The number of carbonyl (C=O) groups excluding carboxylic acids is 1. The maximum atomic E-state index is 13.4. The molecule has 0 heterocycles. The van der Waals surface area contributed by atoms with Crippen LogP contribution in [0.3, 0.4) is 0 Å². The normalized spacial score (nSPS) is 14.7. The van der Waals surface area contributed by atoms with Crippen LogP contribution in [-0.2, 0) is 14.8 Å². The smallest absolute Gasteiger partial charge is 0.264 e. The van der Waals surface area contributed by atoms with Crippen LogP contribution in [0, 0.1) is 6.92 Å². The standard InChI is InChI=1S/C22H26ClN3O3S/c1-17-20(23)14-9-15-21(17)26(30(28,29)19-12-7-4-8-13-19)16-22(27)25-24-18-10-5-2-3-6-11-18/h4,7-9,12-15H,2-3,5-6,10-11,16H2,1H3,(H,25,27). The molecule has 1 aliphatic carbocycles. The fraction of sp³-hybridized carbons (Fsp3) is 0.364. The summed E-state index contributed by atoms with van der Waals surface area (Å²) in [5, 5.41) is 4.68. The Morgan fingerprint density at radius 2 is 1.70 bits per heavy atom. The Labute approximate surface area is 183 Å². The predicted octanol–water partition coefficient (Wildman–Crippen LogP) is 4.67. The molecule has 8 heteroatoms. The molecular formula is C22H26ClN3O3S. The Balaban J connectivity index is 1.89. The van der Waals surface area contributed by atoms with Gasteiger partial charge in [-0.25, -0.2) is 13.8 Å². The molecule has 1 fully saturated rings. The molecule has 30 heavy (non-hydrogen) atoms. The zero-order chi connectivity index (χ0) is 21.6. The van der Waals surface area contributed by atoms with Gasteiger partial charge < -0.3 is 0 Å². The quantitative estimate of drug-likeness (QED) is 0.516. The molecule has 1 amide bonds. The second-order valence-corrected chi connectivity index (χ2v) is 9.61. The van der Waals surface area contributed by atoms with Crippen molar-refractivity contribution in [1.82, 2.24) is 5.43 Å². The zero-order valence-corrected chi connectivity index (χ0v) is 18.5. The fourth-order valence-corrected chi connectivity index (χ4v) is 5.11. The number of nitrogens with one attached hydrogen (secondary N) is 1. The third kappa shape index (κ3) is 5.40. The molecule has 0 atom stereocenters. The first-order valence-corrected chi connectivity index (χ1v) is 11.9. The molecule has 3 rings (SSSR count). The van der Waals surface area contributed by atoms with Crippen molar-refractivity contribution >= 4 is 38.9 Å². The first-order valence-electron chi connectivity index (χ1n) is 10.1. The molecule has 1 saturated carbocycles. The topological polar surface area (TPSA) is 78.8 Å². The van der Waals surface area contributed by atoms with Gasteiger partial charge >= 0.3 is 0 Å². The van der Waals surface area contributed by atoms with Gasteiger partial charge in [-0.05, 0) is 62.4 Å². The van der Waals surface area contributed by atoms with Gasteiger partial charge in [0.25, 0.3) is 15.9 Å². The Bertz CT molecular complexity index is 1010. The summed E-state index contributed by atoms with van der Waals surface area (Å²) in [4.78, 5) is 12.8. The van der Waals surface area contributed by atoms with Crippen molar-refractivity contribution in [2.24, 2.45) is 5.10 Å². The summed E-state index contributed by atoms with van der Waals surface area (Å²) in [6.07, 6.45) is 6.18. The van der Waals surface area contributed by atoms with E-state index >= 15 is 0 Å². The number of rotatable bonds is 6. The molecular weight excluding hydrogens is 422 g/mol. The van der Waals surface area contributed by atoms with Crippen LogP contribution in [0.2, 0.25) is 5.02 Å². The number of halogens is 1. The molecule has 0 bridgehead atoms. The van der Waals surface area contributed by atoms with Gasteiger partial charge in [0.15, 0.2) is 0 Å². The number of sulfonamides is 1. The lowest BCUT2D eigenvalue weighted by atomic mass is 10.2. The number of hydrogen-bond acceptors (Lipinski definition) is 4. The van der Waals surface area contributed by atoms with E-state index in [9.17, 15) is 13.2 Å². The third-order valence-electron chi connectivity index (χ3n) is 5.15. The second kappa shape index (κ2) is 10.1. The molecule has 0 aliphatic heterocycles. The number of amides is 1. The van der Waals surface area contributed by atoms with Crippen LogP contribution in [0.5, 0.6) is 0 Å². The van der Waals surface area contributed by atoms with E-state index in [1.165, 1.54) is 25.0 Å². The van der Waals surface area contributed by atoms with E-state index in [0.717, 1.165) is 35.7 Å². The van der Waals surface area contributed by atoms with Crippen molar-refractivity contribution in [3.05, 3.63) is 59.1 Å². The van der Waals surface area contributed by atoms with Gasteiger partial charge in [0.2, 0.25) is 0 Å². The Hall–Kier alpha value is -2.38. The van der Waals surface area contributed by atoms with Crippen LogP contribution in [0.25, 0.3) is 0 Å². The summed E-state index contributed by atoms with van der Waals surface area (Å²) in [5.74, 6) is -0.495. The minimum Gasteiger partial charge on any atom is -0.271 e. The largest absolute Gasteiger partial charge is 0.271 e. The van der Waals surface area contributed by atoms with E-state index in [2.05, 4.69) is 10.5 Å². The maximum Gasteiger partial charge on any atom is 0.264 e. The van der Waals surface area contributed by atoms with E-state index in [1.807, 2.05) is 0 Å². The van der Waals surface area contributed by atoms with Crippen molar-refractivity contribution in [2.45, 2.75) is 50.3 Å². The molecule has 0 radical (unpaired) electrons. The maximum absolute atomic E-state index is 13.4. The number of nitrogens with zero attached hydrogens (tertiary/aromatic N) is 2. The van der Waals surface area contributed by atoms with Crippen LogP contribution < -0.4 is 9.73 Å². The SMILES string of the molecule is Cc1c(Cl)cccc1N(CC(=O)NN=C1CCCCCC1)S(=O)(=O)c1ccccc1. The van der Waals surface area contributed by atoms with Crippen molar-refractivity contribution < 1.29 is 13.2 Å². The van der Waals surface area contributed by atoms with E-state index in [1.54, 1.807) is 43.3 Å². The average Bonchev–Trinajstić information content (AvgIpc) is 3.02. The summed E-state index contributed by atoms with van der Waals surface area (Å²) < 4.78 is 27.8. The minimum absolute atomic E-state index is 0.104. The average molecular weight is 448 g/mol. The minimum atomic E-state index is -3.97. The molecule has 1 aliphatic rings. The van der Waals surface area contributed by atoms with Crippen LogP contribution in [0.15, 0.2) is 58.5 Å². The Morgan fingerprint density at radius 1 is 1.03 bits per heavy atom. The summed E-state index contributed by atoms with van der Waals surface area (Å²) in [5.41, 5.74) is 4.45. The highest BCUT2D eigenvalue weighted by Crippen LogP contribution is 2.30. The second-order valence-electron chi connectivity index (χ2n) is 7.34. The highest BCUT2D eigenvalue weighted by molar-refractivity contribution is 7.92. The van der Waals surface area contributed by atoms with Gasteiger partial charge in [0.1, 0.15) is 6.54 Å². The van der Waals surface area contributed by atoms with Crippen LogP contribution in [-0.4, -0.2) is 26.6 Å². The molecule has 1 N–H and O–H groups in total. The van der Waals surface area contributed by atoms with Crippen molar-refractivity contribution in [2.75, 3.05) is 10.8 Å². The van der Waals surface area contributed by atoms with Gasteiger partial charge in [0.05, 0.1) is 10.6 Å². The van der Waals surface area contributed by atoms with Crippen LogP contribution in [0.4, 0.5) is 5.69 Å². The third-order valence-corrected chi connectivity index (χ3v) is 7.33. The summed E-state index contributed by atoms with van der Waals surface area (Å²) >= 11 is 6.22. The van der Waals surface area contributed by atoms with Crippen LogP contribution >= 0.6 is 11.6 Å². The molecule has 0 spiro atoms. The first kappa shape index (κ1) is 22.3. The molecule has 0 aromatic heterocycles. The van der Waals surface area contributed by atoms with E-state index < -0.39 is 22.5 Å². The monoisotopic (exact) mass is 447 g/mol. The molecule has 2 aromatic rings. The zero-order valence-electron chi connectivity index (χ0n) is 17.0. The van der Waals surface area contributed by atoms with Gasteiger partial charge in [0, 0.05) is 10.7 Å². The van der Waals surface area contributed by atoms with E-state index in [-0.39, 0.29) is 4.90 Å². The highest BCUT2D eigenvalue weighted by Gasteiger charge is 2.28. The Kier molecular flexibility index (Phi) is 7.50. The van der Waals surface area contributed by atoms with Gasteiger partial charge in [-0.15, -0.1) is 0 Å². The first-order chi connectivity index (χ1) is 14.4. The molecule has 2 aromatic carbocycles. The molecule has 0 unspecified atom stereocenters. The summed E-state index contributed by atoms with van der Waals surface area (Å²) in [7, 11) is -3.97. The van der Waals surface area contributed by atoms with Crippen molar-refractivity contribution in [1.29, 1.82) is 0 Å². The summed E-state index contributed by atoms with van der Waals surface area (Å²) in [6.45, 7) is 1.34.